The molecular weight excluding hydrogens is 242 g/mol. The first-order chi connectivity index (χ1) is 9.12. The summed E-state index contributed by atoms with van der Waals surface area (Å²) in [6.07, 6.45) is 3.82. The van der Waals surface area contributed by atoms with E-state index in [2.05, 4.69) is 10.7 Å². The van der Waals surface area contributed by atoms with Gasteiger partial charge in [0.1, 0.15) is 5.66 Å². The van der Waals surface area contributed by atoms with Gasteiger partial charge in [-0.15, -0.1) is 0 Å². The topological polar surface area (TPSA) is 61.4 Å². The molecule has 5 heteroatoms. The van der Waals surface area contributed by atoms with Crippen LogP contribution in [0.3, 0.4) is 0 Å². The molecule has 0 unspecified atom stereocenters. The van der Waals surface area contributed by atoms with Crippen molar-refractivity contribution in [1.82, 2.24) is 10.4 Å². The maximum Gasteiger partial charge on any atom is 0.276 e. The van der Waals surface area contributed by atoms with E-state index in [9.17, 15) is 9.59 Å². The van der Waals surface area contributed by atoms with Gasteiger partial charge in [0.05, 0.1) is 5.56 Å². The first-order valence-corrected chi connectivity index (χ1v) is 6.61. The zero-order chi connectivity index (χ0) is 13.5. The molecule has 100 valence electrons. The van der Waals surface area contributed by atoms with Crippen LogP contribution in [-0.2, 0) is 4.79 Å². The normalized spacial score (nSPS) is 20.1. The van der Waals surface area contributed by atoms with E-state index in [-0.39, 0.29) is 11.8 Å². The molecule has 0 bridgehead atoms. The minimum atomic E-state index is -0.461. The molecule has 2 N–H and O–H groups in total. The number of fused-ring (bicyclic) bond motifs is 1. The van der Waals surface area contributed by atoms with E-state index in [0.717, 1.165) is 31.4 Å². The van der Waals surface area contributed by atoms with Crippen molar-refractivity contribution in [3.63, 3.8) is 0 Å². The molecule has 2 aliphatic rings. The lowest BCUT2D eigenvalue weighted by Gasteiger charge is -2.45. The summed E-state index contributed by atoms with van der Waals surface area (Å²) in [7, 11) is 0. The number of nitrogens with one attached hydrogen (secondary N) is 2. The Hall–Kier alpha value is -2.04. The summed E-state index contributed by atoms with van der Waals surface area (Å²) in [5.41, 5.74) is 3.69. The van der Waals surface area contributed by atoms with Crippen molar-refractivity contribution in [3.8, 4) is 0 Å². The average molecular weight is 259 g/mol. The van der Waals surface area contributed by atoms with Crippen LogP contribution in [0, 0.1) is 0 Å². The highest BCUT2D eigenvalue weighted by Gasteiger charge is 2.47. The van der Waals surface area contributed by atoms with Gasteiger partial charge in [0, 0.05) is 12.6 Å². The number of hydrogen-bond donors (Lipinski definition) is 2. The van der Waals surface area contributed by atoms with Crippen molar-refractivity contribution >= 4 is 17.5 Å². The van der Waals surface area contributed by atoms with E-state index in [4.69, 9.17) is 0 Å². The molecule has 0 aromatic heterocycles. The number of hydrazine groups is 1. The third-order valence-corrected chi connectivity index (χ3v) is 3.86. The highest BCUT2D eigenvalue weighted by atomic mass is 16.2. The van der Waals surface area contributed by atoms with Crippen LogP contribution in [0.15, 0.2) is 24.3 Å². The molecule has 1 aliphatic carbocycles. The molecule has 0 radical (unpaired) electrons. The Morgan fingerprint density at radius 1 is 1.32 bits per heavy atom. The van der Waals surface area contributed by atoms with Crippen LogP contribution in [0.5, 0.6) is 0 Å². The lowest BCUT2D eigenvalue weighted by molar-refractivity contribution is -0.125. The summed E-state index contributed by atoms with van der Waals surface area (Å²) in [6, 6.07) is 7.44. The van der Waals surface area contributed by atoms with Crippen molar-refractivity contribution in [1.29, 1.82) is 0 Å². The first kappa shape index (κ1) is 12.0. The third-order valence-electron chi connectivity index (χ3n) is 3.86. The van der Waals surface area contributed by atoms with Crippen LogP contribution in [0.1, 0.15) is 43.0 Å². The quantitative estimate of drug-likeness (QED) is 0.809. The molecule has 1 saturated carbocycles. The maximum absolute atomic E-state index is 12.6. The largest absolute Gasteiger partial charge is 0.361 e. The highest BCUT2D eigenvalue weighted by molar-refractivity contribution is 6.02. The van der Waals surface area contributed by atoms with Crippen LogP contribution in [0.4, 0.5) is 5.69 Å². The second-order valence-electron chi connectivity index (χ2n) is 5.22. The zero-order valence-corrected chi connectivity index (χ0v) is 10.9. The highest BCUT2D eigenvalue weighted by Crippen LogP contribution is 2.40. The van der Waals surface area contributed by atoms with Crippen LogP contribution < -0.4 is 10.7 Å². The fraction of sp³-hybridized carbons (Fsp3) is 0.429. The number of rotatable bonds is 1. The second kappa shape index (κ2) is 4.26. The van der Waals surface area contributed by atoms with E-state index in [1.807, 2.05) is 18.2 Å². The van der Waals surface area contributed by atoms with E-state index >= 15 is 0 Å². The minimum Gasteiger partial charge on any atom is -0.361 e. The average Bonchev–Trinajstić information content (AvgIpc) is 2.84. The zero-order valence-electron chi connectivity index (χ0n) is 10.9. The van der Waals surface area contributed by atoms with Crippen LogP contribution >= 0.6 is 0 Å². The predicted octanol–water partition coefficient (Wildman–Crippen LogP) is 1.88. The van der Waals surface area contributed by atoms with Crippen molar-refractivity contribution < 1.29 is 9.59 Å². The van der Waals surface area contributed by atoms with Gasteiger partial charge in [0.15, 0.2) is 0 Å². The number of nitrogens with zero attached hydrogens (tertiary/aromatic N) is 1. The molecule has 5 nitrogen and oxygen atoms in total. The molecule has 2 amide bonds. The smallest absolute Gasteiger partial charge is 0.276 e. The summed E-state index contributed by atoms with van der Waals surface area (Å²) in [6.45, 7) is 1.43. The fourth-order valence-electron chi connectivity index (χ4n) is 3.02. The number of para-hydroxylation sites is 1. The first-order valence-electron chi connectivity index (χ1n) is 6.61. The molecule has 1 fully saturated rings. The Morgan fingerprint density at radius 2 is 2.00 bits per heavy atom. The number of benzene rings is 1. The van der Waals surface area contributed by atoms with Gasteiger partial charge in [0.2, 0.25) is 5.91 Å². The SMILES string of the molecule is CC(=O)NN1C(=O)c2ccccc2NC12CCCC2. The maximum atomic E-state index is 12.6. The summed E-state index contributed by atoms with van der Waals surface area (Å²) in [5, 5.41) is 4.94. The Bertz CT molecular complexity index is 535. The van der Waals surface area contributed by atoms with E-state index < -0.39 is 5.66 Å². The molecule has 19 heavy (non-hydrogen) atoms. The summed E-state index contributed by atoms with van der Waals surface area (Å²) in [4.78, 5) is 24.0. The molecule has 0 saturated heterocycles. The molecule has 1 spiro atoms. The van der Waals surface area contributed by atoms with Crippen LogP contribution in [0.2, 0.25) is 0 Å². The van der Waals surface area contributed by atoms with E-state index in [0.29, 0.717) is 5.56 Å². The Balaban J connectivity index is 2.05. The van der Waals surface area contributed by atoms with Gasteiger partial charge in [-0.05, 0) is 37.8 Å². The van der Waals surface area contributed by atoms with Crippen molar-refractivity contribution in [3.05, 3.63) is 29.8 Å². The standard InChI is InChI=1S/C14H17N3O2/c1-10(18)16-17-13(19)11-6-2-3-7-12(11)15-14(17)8-4-5-9-14/h2-3,6-7,15H,4-5,8-9H2,1H3,(H,16,18). The van der Waals surface area contributed by atoms with Crippen molar-refractivity contribution in [2.24, 2.45) is 0 Å². The number of hydrogen-bond acceptors (Lipinski definition) is 3. The van der Waals surface area contributed by atoms with Crippen molar-refractivity contribution in [2.45, 2.75) is 38.3 Å². The van der Waals surface area contributed by atoms with Crippen molar-refractivity contribution in [2.75, 3.05) is 5.32 Å². The monoisotopic (exact) mass is 259 g/mol. The number of anilines is 1. The molecule has 1 aromatic carbocycles. The number of carbonyl (C=O) groups is 2. The summed E-state index contributed by atoms with van der Waals surface area (Å²) in [5.74, 6) is -0.354. The van der Waals surface area contributed by atoms with E-state index in [1.165, 1.54) is 11.9 Å². The Kier molecular flexibility index (Phi) is 2.69. The fourth-order valence-corrected chi connectivity index (χ4v) is 3.02. The van der Waals surface area contributed by atoms with Gasteiger partial charge in [0.25, 0.3) is 5.91 Å². The third kappa shape index (κ3) is 1.85. The van der Waals surface area contributed by atoms with Gasteiger partial charge in [-0.3, -0.25) is 15.0 Å². The van der Waals surface area contributed by atoms with Crippen LogP contribution in [-0.4, -0.2) is 22.5 Å². The predicted molar refractivity (Wildman–Crippen MR) is 71.2 cm³/mol. The molecule has 1 heterocycles. The van der Waals surface area contributed by atoms with Gasteiger partial charge in [-0.25, -0.2) is 5.01 Å². The van der Waals surface area contributed by atoms with Gasteiger partial charge >= 0.3 is 0 Å². The van der Waals surface area contributed by atoms with E-state index in [1.54, 1.807) is 6.07 Å². The molecule has 3 rings (SSSR count). The lowest BCUT2D eigenvalue weighted by atomic mass is 9.99. The lowest BCUT2D eigenvalue weighted by Crippen LogP contribution is -2.64. The number of amides is 2. The number of carbonyl (C=O) groups excluding carboxylic acids is 2. The minimum absolute atomic E-state index is 0.133. The second-order valence-corrected chi connectivity index (χ2v) is 5.22. The molecule has 1 aliphatic heterocycles. The van der Waals surface area contributed by atoms with Gasteiger partial charge in [-0.2, -0.15) is 0 Å². The van der Waals surface area contributed by atoms with Gasteiger partial charge < -0.3 is 5.32 Å². The Morgan fingerprint density at radius 3 is 2.68 bits per heavy atom. The summed E-state index contributed by atoms with van der Waals surface area (Å²) < 4.78 is 0. The molecule has 1 aromatic rings. The molecular formula is C14H17N3O2. The van der Waals surface area contributed by atoms with Crippen LogP contribution in [0.25, 0.3) is 0 Å². The summed E-state index contributed by atoms with van der Waals surface area (Å²) >= 11 is 0. The Labute approximate surface area is 111 Å². The molecule has 0 atom stereocenters. The van der Waals surface area contributed by atoms with Gasteiger partial charge in [-0.1, -0.05) is 12.1 Å².